The molecule has 0 saturated carbocycles. The fourth-order valence-electron chi connectivity index (χ4n) is 2.21. The van der Waals surface area contributed by atoms with Crippen LogP contribution >= 0.6 is 23.2 Å². The summed E-state index contributed by atoms with van der Waals surface area (Å²) in [5.41, 5.74) is 2.48. The summed E-state index contributed by atoms with van der Waals surface area (Å²) in [4.78, 5) is 0. The normalized spacial score (nSPS) is 12.4. The predicted molar refractivity (Wildman–Crippen MR) is 83.0 cm³/mol. The van der Waals surface area contributed by atoms with Crippen molar-refractivity contribution >= 4 is 23.2 Å². The molecule has 0 heterocycles. The average molecular weight is 294 g/mol. The van der Waals surface area contributed by atoms with Gasteiger partial charge >= 0.3 is 0 Å². The van der Waals surface area contributed by atoms with E-state index in [2.05, 4.69) is 29.6 Å². The van der Waals surface area contributed by atoms with Crippen LogP contribution in [0.4, 0.5) is 0 Å². The fraction of sp³-hybridized carbons (Fsp3) is 0.250. The Morgan fingerprint density at radius 1 is 1.00 bits per heavy atom. The second-order valence-corrected chi connectivity index (χ2v) is 5.44. The number of halogens is 2. The van der Waals surface area contributed by atoms with Crippen LogP contribution in [0.3, 0.4) is 0 Å². The Labute approximate surface area is 124 Å². The molecule has 0 radical (unpaired) electrons. The summed E-state index contributed by atoms with van der Waals surface area (Å²) >= 11 is 12.1. The molecule has 1 nitrogen and oxygen atoms in total. The van der Waals surface area contributed by atoms with Gasteiger partial charge in [-0.15, -0.1) is 0 Å². The van der Waals surface area contributed by atoms with Crippen LogP contribution in [-0.4, -0.2) is 7.05 Å². The molecule has 0 bridgehead atoms. The molecule has 0 aromatic heterocycles. The molecule has 19 heavy (non-hydrogen) atoms. The van der Waals surface area contributed by atoms with E-state index in [0.29, 0.717) is 10.0 Å². The van der Waals surface area contributed by atoms with Gasteiger partial charge in [0.05, 0.1) is 0 Å². The zero-order valence-corrected chi connectivity index (χ0v) is 12.4. The SMILES string of the molecule is CNC(CCc1ccccc1)c1cc(Cl)cc(Cl)c1. The van der Waals surface area contributed by atoms with Crippen molar-refractivity contribution in [1.82, 2.24) is 5.32 Å². The van der Waals surface area contributed by atoms with Crippen LogP contribution in [0.5, 0.6) is 0 Å². The molecule has 0 saturated heterocycles. The maximum atomic E-state index is 6.06. The van der Waals surface area contributed by atoms with Crippen LogP contribution in [0.25, 0.3) is 0 Å². The van der Waals surface area contributed by atoms with Gasteiger partial charge in [0, 0.05) is 16.1 Å². The maximum absolute atomic E-state index is 6.06. The number of hydrogen-bond acceptors (Lipinski definition) is 1. The van der Waals surface area contributed by atoms with Crippen molar-refractivity contribution < 1.29 is 0 Å². The van der Waals surface area contributed by atoms with E-state index >= 15 is 0 Å². The lowest BCUT2D eigenvalue weighted by Crippen LogP contribution is -2.17. The summed E-state index contributed by atoms with van der Waals surface area (Å²) in [6.07, 6.45) is 2.04. The Morgan fingerprint density at radius 3 is 2.21 bits per heavy atom. The first-order valence-corrected chi connectivity index (χ1v) is 7.12. The van der Waals surface area contributed by atoms with E-state index in [-0.39, 0.29) is 6.04 Å². The van der Waals surface area contributed by atoms with Crippen LogP contribution in [0, 0.1) is 0 Å². The van der Waals surface area contributed by atoms with Gasteiger partial charge in [0.2, 0.25) is 0 Å². The second kappa shape index (κ2) is 6.95. The summed E-state index contributed by atoms with van der Waals surface area (Å²) in [5, 5.41) is 4.69. The van der Waals surface area contributed by atoms with Crippen molar-refractivity contribution in [3.05, 3.63) is 69.7 Å². The number of rotatable bonds is 5. The minimum absolute atomic E-state index is 0.261. The lowest BCUT2D eigenvalue weighted by atomic mass is 9.99. The number of nitrogens with one attached hydrogen (secondary N) is 1. The van der Waals surface area contributed by atoms with E-state index in [1.165, 1.54) is 5.56 Å². The molecule has 0 spiro atoms. The first-order chi connectivity index (χ1) is 9.19. The highest BCUT2D eigenvalue weighted by Gasteiger charge is 2.11. The number of hydrogen-bond donors (Lipinski definition) is 1. The van der Waals surface area contributed by atoms with Gasteiger partial charge in [0.1, 0.15) is 0 Å². The standard InChI is InChI=1S/C16H17Cl2N/c1-19-16(8-7-12-5-3-2-4-6-12)13-9-14(17)11-15(18)10-13/h2-6,9-11,16,19H,7-8H2,1H3. The zero-order valence-electron chi connectivity index (χ0n) is 10.9. The van der Waals surface area contributed by atoms with Crippen molar-refractivity contribution in [2.75, 3.05) is 7.05 Å². The Morgan fingerprint density at radius 2 is 1.63 bits per heavy atom. The second-order valence-electron chi connectivity index (χ2n) is 4.57. The highest BCUT2D eigenvalue weighted by Crippen LogP contribution is 2.26. The molecule has 1 unspecified atom stereocenters. The molecule has 2 rings (SSSR count). The summed E-state index contributed by atoms with van der Waals surface area (Å²) in [7, 11) is 1.96. The molecule has 2 aromatic carbocycles. The Balaban J connectivity index is 2.07. The lowest BCUT2D eigenvalue weighted by molar-refractivity contribution is 0.549. The van der Waals surface area contributed by atoms with E-state index in [9.17, 15) is 0 Å². The van der Waals surface area contributed by atoms with Crippen molar-refractivity contribution in [3.8, 4) is 0 Å². The molecule has 2 aromatic rings. The molecule has 0 aliphatic heterocycles. The molecule has 0 fully saturated rings. The minimum Gasteiger partial charge on any atom is -0.313 e. The average Bonchev–Trinajstić information content (AvgIpc) is 2.39. The summed E-state index contributed by atoms with van der Waals surface area (Å²) < 4.78 is 0. The first-order valence-electron chi connectivity index (χ1n) is 6.36. The van der Waals surface area contributed by atoms with Crippen LogP contribution in [0.2, 0.25) is 10.0 Å². The first kappa shape index (κ1) is 14.4. The molecular weight excluding hydrogens is 277 g/mol. The van der Waals surface area contributed by atoms with Gasteiger partial charge in [-0.25, -0.2) is 0 Å². The largest absolute Gasteiger partial charge is 0.313 e. The summed E-state index contributed by atoms with van der Waals surface area (Å²) in [5.74, 6) is 0. The van der Waals surface area contributed by atoms with Crippen LogP contribution in [0.15, 0.2) is 48.5 Å². The summed E-state index contributed by atoms with van der Waals surface area (Å²) in [6.45, 7) is 0. The molecule has 1 atom stereocenters. The topological polar surface area (TPSA) is 12.0 Å². The van der Waals surface area contributed by atoms with Crippen LogP contribution < -0.4 is 5.32 Å². The summed E-state index contributed by atoms with van der Waals surface area (Å²) in [6, 6.07) is 16.4. The van der Waals surface area contributed by atoms with Gasteiger partial charge in [-0.1, -0.05) is 53.5 Å². The molecular formula is C16H17Cl2N. The Bertz CT molecular complexity index is 505. The van der Waals surface area contributed by atoms with E-state index in [1.54, 1.807) is 6.07 Å². The molecule has 3 heteroatoms. The Kier molecular flexibility index (Phi) is 5.26. The highest BCUT2D eigenvalue weighted by molar-refractivity contribution is 6.34. The third-order valence-electron chi connectivity index (χ3n) is 3.20. The van der Waals surface area contributed by atoms with E-state index in [0.717, 1.165) is 18.4 Å². The smallest absolute Gasteiger partial charge is 0.0424 e. The van der Waals surface area contributed by atoms with Crippen molar-refractivity contribution in [3.63, 3.8) is 0 Å². The van der Waals surface area contributed by atoms with Crippen LogP contribution in [-0.2, 0) is 6.42 Å². The number of aryl methyl sites for hydroxylation is 1. The van der Waals surface area contributed by atoms with Crippen molar-refractivity contribution in [2.24, 2.45) is 0 Å². The van der Waals surface area contributed by atoms with E-state index in [4.69, 9.17) is 23.2 Å². The zero-order chi connectivity index (χ0) is 13.7. The van der Waals surface area contributed by atoms with Gasteiger partial charge in [-0.2, -0.15) is 0 Å². The molecule has 1 N–H and O–H groups in total. The minimum atomic E-state index is 0.261. The maximum Gasteiger partial charge on any atom is 0.0424 e. The van der Waals surface area contributed by atoms with E-state index in [1.807, 2.05) is 25.2 Å². The van der Waals surface area contributed by atoms with Crippen molar-refractivity contribution in [2.45, 2.75) is 18.9 Å². The predicted octanol–water partition coefficient (Wildman–Crippen LogP) is 4.89. The molecule has 0 aliphatic carbocycles. The van der Waals surface area contributed by atoms with Gasteiger partial charge in [-0.3, -0.25) is 0 Å². The third-order valence-corrected chi connectivity index (χ3v) is 3.64. The van der Waals surface area contributed by atoms with Crippen LogP contribution in [0.1, 0.15) is 23.6 Å². The van der Waals surface area contributed by atoms with Crippen molar-refractivity contribution in [1.29, 1.82) is 0 Å². The third kappa shape index (κ3) is 4.24. The molecule has 100 valence electrons. The van der Waals surface area contributed by atoms with Gasteiger partial charge in [0.25, 0.3) is 0 Å². The van der Waals surface area contributed by atoms with Gasteiger partial charge < -0.3 is 5.32 Å². The van der Waals surface area contributed by atoms with Gasteiger partial charge in [0.15, 0.2) is 0 Å². The fourth-order valence-corrected chi connectivity index (χ4v) is 2.75. The number of benzene rings is 2. The lowest BCUT2D eigenvalue weighted by Gasteiger charge is -2.17. The Hall–Kier alpha value is -1.02. The molecule has 0 amide bonds. The van der Waals surface area contributed by atoms with E-state index < -0.39 is 0 Å². The van der Waals surface area contributed by atoms with Gasteiger partial charge in [-0.05, 0) is 49.2 Å². The molecule has 0 aliphatic rings. The monoisotopic (exact) mass is 293 g/mol. The quantitative estimate of drug-likeness (QED) is 0.828. The highest BCUT2D eigenvalue weighted by atomic mass is 35.5.